The third-order valence-corrected chi connectivity index (χ3v) is 4.67. The van der Waals surface area contributed by atoms with Crippen LogP contribution in [0.15, 0.2) is 48.5 Å². The minimum Gasteiger partial charge on any atom is -0.0620 e. The predicted molar refractivity (Wildman–Crippen MR) is 102 cm³/mol. The van der Waals surface area contributed by atoms with Crippen LogP contribution in [0.1, 0.15) is 76.6 Å². The normalized spacial score (nSPS) is 13.9. The van der Waals surface area contributed by atoms with Gasteiger partial charge in [0.05, 0.1) is 0 Å². The van der Waals surface area contributed by atoms with E-state index in [-0.39, 0.29) is 10.8 Å². The van der Waals surface area contributed by atoms with Gasteiger partial charge in [0.2, 0.25) is 0 Å². The van der Waals surface area contributed by atoms with Gasteiger partial charge in [-0.3, -0.25) is 0 Å². The molecule has 0 aliphatic rings. The van der Waals surface area contributed by atoms with Crippen LogP contribution in [-0.2, 0) is 17.3 Å². The van der Waals surface area contributed by atoms with Crippen molar-refractivity contribution >= 4 is 0 Å². The highest BCUT2D eigenvalue weighted by Crippen LogP contribution is 2.31. The fourth-order valence-electron chi connectivity index (χ4n) is 3.19. The summed E-state index contributed by atoms with van der Waals surface area (Å²) < 4.78 is 0. The molecular weight excluding hydrogens is 276 g/mol. The molecule has 0 aliphatic heterocycles. The molecular formula is C23H32. The van der Waals surface area contributed by atoms with E-state index in [9.17, 15) is 0 Å². The lowest BCUT2D eigenvalue weighted by Gasteiger charge is -2.25. The van der Waals surface area contributed by atoms with Crippen molar-refractivity contribution in [2.24, 2.45) is 0 Å². The molecule has 0 spiro atoms. The van der Waals surface area contributed by atoms with E-state index in [0.717, 1.165) is 6.42 Å². The molecule has 1 unspecified atom stereocenters. The third-order valence-electron chi connectivity index (χ3n) is 4.67. The third kappa shape index (κ3) is 4.47. The van der Waals surface area contributed by atoms with Crippen LogP contribution in [0.25, 0.3) is 0 Å². The molecule has 0 amide bonds. The number of hydrogen-bond acceptors (Lipinski definition) is 0. The first kappa shape index (κ1) is 17.8. The summed E-state index contributed by atoms with van der Waals surface area (Å²) in [6.45, 7) is 16.1. The minimum absolute atomic E-state index is 0.198. The molecule has 0 aromatic heterocycles. The van der Waals surface area contributed by atoms with Gasteiger partial charge >= 0.3 is 0 Å². The molecule has 2 aromatic rings. The number of hydrogen-bond donors (Lipinski definition) is 0. The van der Waals surface area contributed by atoms with Crippen LogP contribution in [0.5, 0.6) is 0 Å². The van der Waals surface area contributed by atoms with Crippen LogP contribution in [0.2, 0.25) is 0 Å². The maximum Gasteiger partial charge on any atom is -0.0129 e. The Bertz CT molecular complexity index is 650. The van der Waals surface area contributed by atoms with Crippen LogP contribution in [0, 0.1) is 0 Å². The molecule has 2 rings (SSSR count). The van der Waals surface area contributed by atoms with Gasteiger partial charge in [0.1, 0.15) is 0 Å². The summed E-state index contributed by atoms with van der Waals surface area (Å²) in [6.07, 6.45) is 1.10. The zero-order valence-electron chi connectivity index (χ0n) is 15.9. The molecule has 2 aromatic carbocycles. The van der Waals surface area contributed by atoms with Gasteiger partial charge in [-0.15, -0.1) is 0 Å². The highest BCUT2D eigenvalue weighted by atomic mass is 14.2. The van der Waals surface area contributed by atoms with E-state index in [1.807, 2.05) is 0 Å². The van der Waals surface area contributed by atoms with E-state index in [1.54, 1.807) is 0 Å². The molecule has 0 N–H and O–H groups in total. The van der Waals surface area contributed by atoms with E-state index < -0.39 is 0 Å². The molecule has 0 heterocycles. The Morgan fingerprint density at radius 1 is 0.783 bits per heavy atom. The predicted octanol–water partition coefficient (Wildman–Crippen LogP) is 6.63. The van der Waals surface area contributed by atoms with Crippen molar-refractivity contribution in [2.45, 2.75) is 71.6 Å². The molecule has 0 saturated carbocycles. The molecule has 0 fully saturated rings. The van der Waals surface area contributed by atoms with E-state index in [2.05, 4.69) is 97.0 Å². The highest BCUT2D eigenvalue weighted by Gasteiger charge is 2.20. The second-order valence-electron chi connectivity index (χ2n) is 8.89. The standard InChI is InChI=1S/C23H32/c1-17(18-12-10-13-20(16-18)22(2,3)4)15-19-11-8-9-14-21(19)23(5,6)7/h8-14,16-17H,15H2,1-7H3. The summed E-state index contributed by atoms with van der Waals surface area (Å²) >= 11 is 0. The number of rotatable bonds is 3. The first-order chi connectivity index (χ1) is 10.6. The molecule has 23 heavy (non-hydrogen) atoms. The summed E-state index contributed by atoms with van der Waals surface area (Å²) in [4.78, 5) is 0. The van der Waals surface area contributed by atoms with Crippen molar-refractivity contribution in [3.05, 3.63) is 70.8 Å². The van der Waals surface area contributed by atoms with Gasteiger partial charge in [0.25, 0.3) is 0 Å². The topological polar surface area (TPSA) is 0 Å². The summed E-state index contributed by atoms with van der Waals surface area (Å²) in [5.74, 6) is 0.529. The van der Waals surface area contributed by atoms with Crippen molar-refractivity contribution in [3.63, 3.8) is 0 Å². The molecule has 0 nitrogen and oxygen atoms in total. The monoisotopic (exact) mass is 308 g/mol. The van der Waals surface area contributed by atoms with Crippen LogP contribution < -0.4 is 0 Å². The van der Waals surface area contributed by atoms with Crippen molar-refractivity contribution < 1.29 is 0 Å². The smallest absolute Gasteiger partial charge is 0.0129 e. The fourth-order valence-corrected chi connectivity index (χ4v) is 3.19. The van der Waals surface area contributed by atoms with Gasteiger partial charge in [0, 0.05) is 0 Å². The van der Waals surface area contributed by atoms with Crippen molar-refractivity contribution in [3.8, 4) is 0 Å². The average Bonchev–Trinajstić information content (AvgIpc) is 2.46. The van der Waals surface area contributed by atoms with Crippen LogP contribution in [0.3, 0.4) is 0 Å². The number of benzene rings is 2. The Kier molecular flexibility index (Phi) is 5.04. The Labute approximate surface area is 143 Å². The first-order valence-corrected chi connectivity index (χ1v) is 8.78. The zero-order chi connectivity index (χ0) is 17.3. The molecule has 0 radical (unpaired) electrons. The first-order valence-electron chi connectivity index (χ1n) is 8.78. The van der Waals surface area contributed by atoms with E-state index in [4.69, 9.17) is 0 Å². The van der Waals surface area contributed by atoms with Gasteiger partial charge in [0.15, 0.2) is 0 Å². The van der Waals surface area contributed by atoms with Gasteiger partial charge in [-0.25, -0.2) is 0 Å². The van der Waals surface area contributed by atoms with Crippen molar-refractivity contribution in [1.82, 2.24) is 0 Å². The van der Waals surface area contributed by atoms with Crippen molar-refractivity contribution in [2.75, 3.05) is 0 Å². The maximum absolute atomic E-state index is 2.39. The maximum atomic E-state index is 2.39. The summed E-state index contributed by atoms with van der Waals surface area (Å²) in [6, 6.07) is 18.0. The summed E-state index contributed by atoms with van der Waals surface area (Å²) in [7, 11) is 0. The molecule has 0 aliphatic carbocycles. The van der Waals surface area contributed by atoms with Gasteiger partial charge in [-0.2, -0.15) is 0 Å². The quantitative estimate of drug-likeness (QED) is 0.597. The Hall–Kier alpha value is -1.56. The molecule has 1 atom stereocenters. The van der Waals surface area contributed by atoms with E-state index in [1.165, 1.54) is 22.3 Å². The molecule has 0 saturated heterocycles. The highest BCUT2D eigenvalue weighted by molar-refractivity contribution is 5.36. The lowest BCUT2D eigenvalue weighted by Crippen LogP contribution is -2.15. The largest absolute Gasteiger partial charge is 0.0620 e. The van der Waals surface area contributed by atoms with Gasteiger partial charge < -0.3 is 0 Å². The fraction of sp³-hybridized carbons (Fsp3) is 0.478. The molecule has 0 heteroatoms. The second-order valence-corrected chi connectivity index (χ2v) is 8.89. The van der Waals surface area contributed by atoms with Gasteiger partial charge in [-0.05, 0) is 45.4 Å². The van der Waals surface area contributed by atoms with Crippen LogP contribution in [0.4, 0.5) is 0 Å². The average molecular weight is 309 g/mol. The van der Waals surface area contributed by atoms with Crippen LogP contribution >= 0.6 is 0 Å². The van der Waals surface area contributed by atoms with Gasteiger partial charge in [-0.1, -0.05) is 97.0 Å². The summed E-state index contributed by atoms with van der Waals surface area (Å²) in [5.41, 5.74) is 6.22. The van der Waals surface area contributed by atoms with E-state index in [0.29, 0.717) is 5.92 Å². The molecule has 0 bridgehead atoms. The Morgan fingerprint density at radius 3 is 2.04 bits per heavy atom. The van der Waals surface area contributed by atoms with Crippen LogP contribution in [-0.4, -0.2) is 0 Å². The SMILES string of the molecule is CC(Cc1ccccc1C(C)(C)C)c1cccc(C(C)(C)C)c1. The summed E-state index contributed by atoms with van der Waals surface area (Å²) in [5, 5.41) is 0. The Morgan fingerprint density at radius 2 is 1.43 bits per heavy atom. The van der Waals surface area contributed by atoms with Crippen molar-refractivity contribution in [1.29, 1.82) is 0 Å². The minimum atomic E-state index is 0.198. The van der Waals surface area contributed by atoms with E-state index >= 15 is 0 Å². The molecule has 124 valence electrons. The lowest BCUT2D eigenvalue weighted by molar-refractivity contribution is 0.576. The zero-order valence-corrected chi connectivity index (χ0v) is 15.9. The second kappa shape index (κ2) is 6.51. The Balaban J connectivity index is 2.29. The lowest BCUT2D eigenvalue weighted by atomic mass is 9.80.